The number of hydrogen-bond acceptors (Lipinski definition) is 7. The van der Waals surface area contributed by atoms with Gasteiger partial charge in [-0.1, -0.05) is 13.2 Å². The molecule has 1 atom stereocenters. The van der Waals surface area contributed by atoms with Crippen molar-refractivity contribution in [1.29, 1.82) is 0 Å². The Bertz CT molecular complexity index is 362. The van der Waals surface area contributed by atoms with E-state index >= 15 is 0 Å². The predicted molar refractivity (Wildman–Crippen MR) is 69.8 cm³/mol. The summed E-state index contributed by atoms with van der Waals surface area (Å²) in [4.78, 5) is 22.0. The number of aliphatic hydroxyl groups excluding tert-OH is 1. The maximum absolute atomic E-state index is 11.1. The molecule has 0 aromatic rings. The number of aliphatic hydroxyl groups is 1. The van der Waals surface area contributed by atoms with Gasteiger partial charge in [-0.25, -0.2) is 9.59 Å². The highest BCUT2D eigenvalue weighted by Gasteiger charge is 2.08. The zero-order valence-corrected chi connectivity index (χ0v) is 11.7. The van der Waals surface area contributed by atoms with E-state index in [0.717, 1.165) is 0 Å². The van der Waals surface area contributed by atoms with Crippen molar-refractivity contribution in [2.24, 2.45) is 0 Å². The zero-order chi connectivity index (χ0) is 15.5. The van der Waals surface area contributed by atoms with E-state index in [-0.39, 0.29) is 32.0 Å². The van der Waals surface area contributed by atoms with Gasteiger partial charge in [0.2, 0.25) is 0 Å². The maximum atomic E-state index is 11.1. The monoisotopic (exact) mass is 288 g/mol. The number of carbonyl (C=O) groups is 2. The van der Waals surface area contributed by atoms with Crippen LogP contribution in [0.1, 0.15) is 13.8 Å². The Balaban J connectivity index is 3.53. The summed E-state index contributed by atoms with van der Waals surface area (Å²) in [6.07, 6.45) is -2.00. The molecule has 0 rings (SSSR count). The van der Waals surface area contributed by atoms with Gasteiger partial charge in [0.25, 0.3) is 0 Å². The molecule has 0 amide bonds. The van der Waals surface area contributed by atoms with E-state index in [1.54, 1.807) is 6.92 Å². The van der Waals surface area contributed by atoms with Gasteiger partial charge >= 0.3 is 12.1 Å². The van der Waals surface area contributed by atoms with Gasteiger partial charge in [0.1, 0.15) is 19.8 Å². The summed E-state index contributed by atoms with van der Waals surface area (Å²) in [7, 11) is 0. The van der Waals surface area contributed by atoms with Crippen LogP contribution in [0.2, 0.25) is 0 Å². The smallest absolute Gasteiger partial charge is 0.459 e. The second-order valence-electron chi connectivity index (χ2n) is 3.93. The maximum Gasteiger partial charge on any atom is 0.508 e. The molecular weight excluding hydrogens is 268 g/mol. The molecule has 1 N–H and O–H groups in total. The molecule has 114 valence electrons. The molecule has 0 fully saturated rings. The van der Waals surface area contributed by atoms with Crippen LogP contribution in [0.15, 0.2) is 24.3 Å². The fourth-order valence-electron chi connectivity index (χ4n) is 0.851. The van der Waals surface area contributed by atoms with Crippen LogP contribution in [-0.4, -0.2) is 49.9 Å². The fourth-order valence-corrected chi connectivity index (χ4v) is 0.851. The van der Waals surface area contributed by atoms with Crippen molar-refractivity contribution in [3.05, 3.63) is 24.3 Å². The van der Waals surface area contributed by atoms with E-state index in [9.17, 15) is 14.7 Å². The molecule has 0 bridgehead atoms. The Labute approximate surface area is 117 Å². The number of carbonyl (C=O) groups excluding carboxylic acids is 2. The number of hydrogen-bond donors (Lipinski definition) is 1. The van der Waals surface area contributed by atoms with Crippen LogP contribution in [0.25, 0.3) is 0 Å². The lowest BCUT2D eigenvalue weighted by atomic mass is 10.3. The Kier molecular flexibility index (Phi) is 9.06. The molecule has 20 heavy (non-hydrogen) atoms. The molecule has 1 unspecified atom stereocenters. The summed E-state index contributed by atoms with van der Waals surface area (Å²) in [6.45, 7) is 9.74. The van der Waals surface area contributed by atoms with E-state index < -0.39 is 18.4 Å². The van der Waals surface area contributed by atoms with Crippen molar-refractivity contribution in [2.45, 2.75) is 20.1 Å². The summed E-state index contributed by atoms with van der Waals surface area (Å²) in [5.74, 6) is -0.552. The van der Waals surface area contributed by atoms with Crippen molar-refractivity contribution in [2.75, 3.05) is 26.4 Å². The van der Waals surface area contributed by atoms with Gasteiger partial charge in [0.05, 0.1) is 6.61 Å². The first-order valence-electron chi connectivity index (χ1n) is 5.92. The van der Waals surface area contributed by atoms with Crippen LogP contribution >= 0.6 is 0 Å². The third-order valence-corrected chi connectivity index (χ3v) is 1.89. The highest BCUT2D eigenvalue weighted by atomic mass is 16.7. The first kappa shape index (κ1) is 18.1. The lowest BCUT2D eigenvalue weighted by Crippen LogP contribution is -2.19. The van der Waals surface area contributed by atoms with Gasteiger partial charge in [-0.15, -0.1) is 0 Å². The normalized spacial score (nSPS) is 11.3. The number of ether oxygens (including phenoxy) is 4. The SMILES string of the molecule is C=C(C)C(=O)OCCOC(=O)OCCOC(O)C(=C)C. The van der Waals surface area contributed by atoms with E-state index in [0.29, 0.717) is 5.57 Å². The summed E-state index contributed by atoms with van der Waals surface area (Å²) < 4.78 is 18.8. The van der Waals surface area contributed by atoms with E-state index in [4.69, 9.17) is 9.47 Å². The van der Waals surface area contributed by atoms with Gasteiger partial charge in [0.15, 0.2) is 6.29 Å². The van der Waals surface area contributed by atoms with Crippen molar-refractivity contribution in [1.82, 2.24) is 0 Å². The van der Waals surface area contributed by atoms with Gasteiger partial charge in [-0.2, -0.15) is 0 Å². The molecule has 0 aliphatic carbocycles. The van der Waals surface area contributed by atoms with Gasteiger partial charge < -0.3 is 24.1 Å². The van der Waals surface area contributed by atoms with Gasteiger partial charge in [-0.3, -0.25) is 0 Å². The summed E-state index contributed by atoms with van der Waals surface area (Å²) in [5.41, 5.74) is 0.715. The van der Waals surface area contributed by atoms with Crippen molar-refractivity contribution < 1.29 is 33.6 Å². The fraction of sp³-hybridized carbons (Fsp3) is 0.538. The summed E-state index contributed by atoms with van der Waals surface area (Å²) in [5, 5.41) is 9.21. The minimum atomic E-state index is -1.09. The van der Waals surface area contributed by atoms with E-state index in [1.807, 2.05) is 0 Å². The second-order valence-corrected chi connectivity index (χ2v) is 3.93. The van der Waals surface area contributed by atoms with Gasteiger partial charge in [0, 0.05) is 5.57 Å². The second kappa shape index (κ2) is 9.99. The Hall–Kier alpha value is -1.86. The standard InChI is InChI=1S/C13H20O7/c1-9(2)11(14)17-5-7-19-13(16)20-8-6-18-12(15)10(3)4/h11,14H,1,3,5-8H2,2,4H3. The molecule has 7 heteroatoms. The number of esters is 1. The molecule has 0 heterocycles. The third-order valence-electron chi connectivity index (χ3n) is 1.89. The third kappa shape index (κ3) is 9.12. The molecular formula is C13H20O7. The molecule has 0 saturated heterocycles. The predicted octanol–water partition coefficient (Wildman–Crippen LogP) is 1.17. The average molecular weight is 288 g/mol. The highest BCUT2D eigenvalue weighted by molar-refractivity contribution is 5.86. The molecule has 0 aromatic carbocycles. The molecule has 0 radical (unpaired) electrons. The topological polar surface area (TPSA) is 91.3 Å². The minimum absolute atomic E-state index is 0.00771. The quantitative estimate of drug-likeness (QED) is 0.224. The lowest BCUT2D eigenvalue weighted by Gasteiger charge is -2.11. The van der Waals surface area contributed by atoms with Crippen LogP contribution in [-0.2, 0) is 23.7 Å². The van der Waals surface area contributed by atoms with Crippen molar-refractivity contribution >= 4 is 12.1 Å². The lowest BCUT2D eigenvalue weighted by molar-refractivity contribution is -0.140. The molecule has 0 saturated carbocycles. The largest absolute Gasteiger partial charge is 0.508 e. The van der Waals surface area contributed by atoms with Crippen molar-refractivity contribution in [3.63, 3.8) is 0 Å². The highest BCUT2D eigenvalue weighted by Crippen LogP contribution is 1.99. The van der Waals surface area contributed by atoms with Crippen LogP contribution in [0.3, 0.4) is 0 Å². The Morgan fingerprint density at radius 3 is 2.00 bits per heavy atom. The zero-order valence-electron chi connectivity index (χ0n) is 11.7. The summed E-state index contributed by atoms with van der Waals surface area (Å²) in [6, 6.07) is 0. The van der Waals surface area contributed by atoms with Crippen molar-refractivity contribution in [3.8, 4) is 0 Å². The average Bonchev–Trinajstić information content (AvgIpc) is 2.38. The van der Waals surface area contributed by atoms with Crippen LogP contribution in [0.4, 0.5) is 4.79 Å². The molecule has 0 aliphatic heterocycles. The Morgan fingerprint density at radius 2 is 1.50 bits per heavy atom. The number of rotatable bonds is 9. The first-order valence-corrected chi connectivity index (χ1v) is 5.92. The summed E-state index contributed by atoms with van der Waals surface area (Å²) >= 11 is 0. The van der Waals surface area contributed by atoms with Gasteiger partial charge in [-0.05, 0) is 19.4 Å². The molecule has 7 nitrogen and oxygen atoms in total. The first-order chi connectivity index (χ1) is 9.34. The van der Waals surface area contributed by atoms with E-state index in [1.165, 1.54) is 6.92 Å². The van der Waals surface area contributed by atoms with Crippen LogP contribution in [0.5, 0.6) is 0 Å². The van der Waals surface area contributed by atoms with E-state index in [2.05, 4.69) is 22.6 Å². The Morgan fingerprint density at radius 1 is 1.00 bits per heavy atom. The molecule has 0 aliphatic rings. The van der Waals surface area contributed by atoms with Crippen LogP contribution in [0, 0.1) is 0 Å². The molecule has 0 aromatic heterocycles. The minimum Gasteiger partial charge on any atom is -0.459 e. The molecule has 0 spiro atoms. The van der Waals surface area contributed by atoms with Crippen LogP contribution < -0.4 is 0 Å².